The Bertz CT molecular complexity index is 1270. The molecular weight excluding hydrogens is 422 g/mol. The van der Waals surface area contributed by atoms with Crippen molar-refractivity contribution in [1.29, 1.82) is 0 Å². The maximum Gasteiger partial charge on any atom is 0.407 e. The summed E-state index contributed by atoms with van der Waals surface area (Å²) in [5.74, 6) is -1.16. The number of rotatable bonds is 6. The van der Waals surface area contributed by atoms with Gasteiger partial charge < -0.3 is 15.2 Å². The monoisotopic (exact) mass is 443 g/mol. The molecule has 160 valence electrons. The number of carbonyl (C=O) groups is 2. The summed E-state index contributed by atoms with van der Waals surface area (Å²) in [6.07, 6.45) is -0.525. The molecule has 0 aliphatic heterocycles. The molecule has 1 amide bonds. The summed E-state index contributed by atoms with van der Waals surface area (Å²) in [6.45, 7) is 0.146. The van der Waals surface area contributed by atoms with Crippen LogP contribution in [0.1, 0.15) is 22.6 Å². The quantitative estimate of drug-likeness (QED) is 0.416. The molecule has 5 nitrogen and oxygen atoms in total. The molecule has 32 heavy (non-hydrogen) atoms. The average Bonchev–Trinajstić information content (AvgIpc) is 3.36. The van der Waals surface area contributed by atoms with Crippen molar-refractivity contribution in [1.82, 2.24) is 5.32 Å². The zero-order chi connectivity index (χ0) is 22.1. The summed E-state index contributed by atoms with van der Waals surface area (Å²) < 4.78 is 6.61. The SMILES string of the molecule is O=C(N[C@@H](Cc1csc2ccccc12)C(=O)O)OCC1c2ccccc2-c2ccccc21. The molecule has 0 spiro atoms. The summed E-state index contributed by atoms with van der Waals surface area (Å²) in [7, 11) is 0. The summed E-state index contributed by atoms with van der Waals surface area (Å²) >= 11 is 1.56. The van der Waals surface area contributed by atoms with Gasteiger partial charge in [0, 0.05) is 17.0 Å². The highest BCUT2D eigenvalue weighted by molar-refractivity contribution is 7.17. The van der Waals surface area contributed by atoms with Crippen LogP contribution in [0.4, 0.5) is 4.79 Å². The molecule has 0 fully saturated rings. The van der Waals surface area contributed by atoms with Gasteiger partial charge in [-0.3, -0.25) is 0 Å². The van der Waals surface area contributed by atoms with E-state index in [1.807, 2.05) is 66.0 Å². The van der Waals surface area contributed by atoms with Gasteiger partial charge in [-0.1, -0.05) is 66.7 Å². The second kappa shape index (κ2) is 8.48. The fourth-order valence-electron chi connectivity index (χ4n) is 4.39. The first-order chi connectivity index (χ1) is 15.6. The number of carboxylic acids is 1. The van der Waals surface area contributed by atoms with Gasteiger partial charge in [-0.25, -0.2) is 9.59 Å². The Morgan fingerprint density at radius 1 is 0.938 bits per heavy atom. The molecule has 0 bridgehead atoms. The predicted molar refractivity (Wildman–Crippen MR) is 125 cm³/mol. The van der Waals surface area contributed by atoms with E-state index in [1.165, 1.54) is 0 Å². The molecule has 0 radical (unpaired) electrons. The molecule has 0 unspecified atom stereocenters. The zero-order valence-corrected chi connectivity index (χ0v) is 18.0. The standard InChI is InChI=1S/C26H21NO4S/c28-25(29)23(13-16-15-32-24-12-6-5-7-17(16)24)27-26(30)31-14-22-20-10-3-1-8-18(20)19-9-2-4-11-21(19)22/h1-12,15,22-23H,13-14H2,(H,27,30)(H,28,29)/t23-/m0/s1. The molecule has 5 rings (SSSR count). The summed E-state index contributed by atoms with van der Waals surface area (Å²) in [5.41, 5.74) is 5.41. The Morgan fingerprint density at radius 3 is 2.25 bits per heavy atom. The molecule has 1 atom stereocenters. The molecule has 0 saturated carbocycles. The maximum atomic E-state index is 12.5. The van der Waals surface area contributed by atoms with E-state index < -0.39 is 18.1 Å². The lowest BCUT2D eigenvalue weighted by Crippen LogP contribution is -2.42. The lowest BCUT2D eigenvalue weighted by molar-refractivity contribution is -0.139. The van der Waals surface area contributed by atoms with Gasteiger partial charge in [-0.05, 0) is 44.6 Å². The largest absolute Gasteiger partial charge is 0.480 e. The zero-order valence-electron chi connectivity index (χ0n) is 17.2. The molecule has 1 aliphatic carbocycles. The fourth-order valence-corrected chi connectivity index (χ4v) is 5.37. The van der Waals surface area contributed by atoms with Crippen molar-refractivity contribution in [2.24, 2.45) is 0 Å². The molecule has 3 aromatic carbocycles. The molecule has 4 aromatic rings. The molecule has 0 saturated heterocycles. The molecule has 1 aliphatic rings. The van der Waals surface area contributed by atoms with Crippen LogP contribution in [0.5, 0.6) is 0 Å². The molecule has 1 heterocycles. The summed E-state index contributed by atoms with van der Waals surface area (Å²) in [6, 6.07) is 22.9. The van der Waals surface area contributed by atoms with Crippen LogP contribution in [0.25, 0.3) is 21.2 Å². The van der Waals surface area contributed by atoms with E-state index in [0.717, 1.165) is 37.9 Å². The Balaban J connectivity index is 1.28. The van der Waals surface area contributed by atoms with E-state index in [9.17, 15) is 14.7 Å². The summed E-state index contributed by atoms with van der Waals surface area (Å²) in [4.78, 5) is 24.4. The number of fused-ring (bicyclic) bond motifs is 4. The van der Waals surface area contributed by atoms with Gasteiger partial charge in [0.1, 0.15) is 12.6 Å². The number of carbonyl (C=O) groups excluding carboxylic acids is 1. The lowest BCUT2D eigenvalue weighted by atomic mass is 9.98. The highest BCUT2D eigenvalue weighted by Crippen LogP contribution is 2.44. The van der Waals surface area contributed by atoms with Gasteiger partial charge in [0.2, 0.25) is 0 Å². The minimum atomic E-state index is -1.09. The number of nitrogens with one attached hydrogen (secondary N) is 1. The Kier molecular flexibility index (Phi) is 5.37. The van der Waals surface area contributed by atoms with Crippen LogP contribution in [0, 0.1) is 0 Å². The van der Waals surface area contributed by atoms with E-state index in [1.54, 1.807) is 11.3 Å². The van der Waals surface area contributed by atoms with E-state index in [0.29, 0.717) is 0 Å². The molecule has 2 N–H and O–H groups in total. The van der Waals surface area contributed by atoms with E-state index in [4.69, 9.17) is 4.74 Å². The smallest absolute Gasteiger partial charge is 0.407 e. The van der Waals surface area contributed by atoms with Gasteiger partial charge in [-0.2, -0.15) is 0 Å². The van der Waals surface area contributed by atoms with Crippen LogP contribution in [0.2, 0.25) is 0 Å². The average molecular weight is 444 g/mol. The number of thiophene rings is 1. The maximum absolute atomic E-state index is 12.5. The van der Waals surface area contributed by atoms with Gasteiger partial charge in [0.05, 0.1) is 0 Å². The fraction of sp³-hybridized carbons (Fsp3) is 0.154. The molecular formula is C26H21NO4S. The van der Waals surface area contributed by atoms with Crippen molar-refractivity contribution < 1.29 is 19.4 Å². The summed E-state index contributed by atoms with van der Waals surface area (Å²) in [5, 5.41) is 15.2. The van der Waals surface area contributed by atoms with Crippen molar-refractivity contribution in [2.75, 3.05) is 6.61 Å². The van der Waals surface area contributed by atoms with Gasteiger partial charge in [-0.15, -0.1) is 11.3 Å². The van der Waals surface area contributed by atoms with E-state index >= 15 is 0 Å². The third-order valence-corrected chi connectivity index (χ3v) is 6.93. The van der Waals surface area contributed by atoms with Crippen LogP contribution >= 0.6 is 11.3 Å². The van der Waals surface area contributed by atoms with Gasteiger partial charge in [0.15, 0.2) is 0 Å². The number of carboxylic acid groups (broad SMARTS) is 1. The number of hydrogen-bond donors (Lipinski definition) is 2. The Labute approximate surface area is 189 Å². The highest BCUT2D eigenvalue weighted by Gasteiger charge is 2.30. The minimum Gasteiger partial charge on any atom is -0.480 e. The number of hydrogen-bond acceptors (Lipinski definition) is 4. The number of amides is 1. The van der Waals surface area contributed by atoms with Crippen LogP contribution in [0.3, 0.4) is 0 Å². The van der Waals surface area contributed by atoms with E-state index in [-0.39, 0.29) is 18.9 Å². The predicted octanol–water partition coefficient (Wildman–Crippen LogP) is 5.44. The minimum absolute atomic E-state index is 0.0720. The third-order valence-electron chi connectivity index (χ3n) is 5.92. The number of aliphatic carboxylic acids is 1. The van der Waals surface area contributed by atoms with Gasteiger partial charge >= 0.3 is 12.1 Å². The van der Waals surface area contributed by atoms with Crippen molar-refractivity contribution in [3.05, 3.63) is 94.9 Å². The topological polar surface area (TPSA) is 75.6 Å². The lowest BCUT2D eigenvalue weighted by Gasteiger charge is -2.17. The van der Waals surface area contributed by atoms with E-state index in [2.05, 4.69) is 17.4 Å². The Morgan fingerprint density at radius 2 is 1.56 bits per heavy atom. The second-order valence-corrected chi connectivity index (χ2v) is 8.73. The van der Waals surface area contributed by atoms with Crippen LogP contribution < -0.4 is 5.32 Å². The number of benzene rings is 3. The van der Waals surface area contributed by atoms with Gasteiger partial charge in [0.25, 0.3) is 0 Å². The van der Waals surface area contributed by atoms with Crippen molar-refractivity contribution in [3.63, 3.8) is 0 Å². The first-order valence-corrected chi connectivity index (χ1v) is 11.3. The van der Waals surface area contributed by atoms with Crippen LogP contribution in [0.15, 0.2) is 78.2 Å². The first-order valence-electron chi connectivity index (χ1n) is 10.4. The van der Waals surface area contributed by atoms with Crippen LogP contribution in [-0.2, 0) is 16.0 Å². The van der Waals surface area contributed by atoms with Crippen molar-refractivity contribution in [2.45, 2.75) is 18.4 Å². The normalized spacial score (nSPS) is 13.4. The van der Waals surface area contributed by atoms with Crippen LogP contribution in [-0.4, -0.2) is 29.8 Å². The molecule has 1 aromatic heterocycles. The van der Waals surface area contributed by atoms with Crippen molar-refractivity contribution in [3.8, 4) is 11.1 Å². The second-order valence-electron chi connectivity index (χ2n) is 7.82. The molecule has 6 heteroatoms. The number of alkyl carbamates (subject to hydrolysis) is 1. The Hall–Kier alpha value is -3.64. The first kappa shape index (κ1) is 20.3. The number of ether oxygens (including phenoxy) is 1. The van der Waals surface area contributed by atoms with Crippen molar-refractivity contribution >= 4 is 33.5 Å². The third kappa shape index (κ3) is 3.74. The highest BCUT2D eigenvalue weighted by atomic mass is 32.1.